The molecule has 0 aliphatic heterocycles. The fraction of sp³-hybridized carbons (Fsp3) is 0.278. The topological polar surface area (TPSA) is 82.2 Å². The molecule has 0 spiro atoms. The summed E-state index contributed by atoms with van der Waals surface area (Å²) in [5.41, 5.74) is 2.11. The maximum Gasteiger partial charge on any atom is 0.368 e. The third-order valence-corrected chi connectivity index (χ3v) is 4.90. The Bertz CT molecular complexity index is 981. The molecule has 7 nitrogen and oxygen atoms in total. The van der Waals surface area contributed by atoms with Crippen LogP contribution in [-0.4, -0.2) is 31.2 Å². The summed E-state index contributed by atoms with van der Waals surface area (Å²) in [4.78, 5) is 13.3. The van der Waals surface area contributed by atoms with Gasteiger partial charge < -0.3 is 9.84 Å². The average Bonchev–Trinajstić information content (AvgIpc) is 2.99. The number of tetrazole rings is 1. The van der Waals surface area contributed by atoms with Crippen LogP contribution < -0.4 is 10.4 Å². The lowest BCUT2D eigenvalue weighted by molar-refractivity contribution is 0.299. The van der Waals surface area contributed by atoms with E-state index in [1.165, 1.54) is 9.36 Å². The predicted octanol–water partition coefficient (Wildman–Crippen LogP) is 2.53. The van der Waals surface area contributed by atoms with Gasteiger partial charge in [-0.3, -0.25) is 0 Å². The number of hydrogen-bond acceptors (Lipinski definition) is 6. The number of benzene rings is 2. The monoisotopic (exact) mass is 372 g/mol. The van der Waals surface area contributed by atoms with Crippen LogP contribution in [0.15, 0.2) is 46.1 Å². The van der Waals surface area contributed by atoms with Gasteiger partial charge in [-0.25, -0.2) is 4.79 Å². The maximum absolute atomic E-state index is 12.3. The van der Waals surface area contributed by atoms with Crippen molar-refractivity contribution in [3.05, 3.63) is 58.0 Å². The first kappa shape index (κ1) is 18.1. The van der Waals surface area contributed by atoms with E-state index >= 15 is 0 Å². The molecule has 3 rings (SSSR count). The third-order valence-electron chi connectivity index (χ3n) is 4.08. The van der Waals surface area contributed by atoms with Gasteiger partial charge in [0.1, 0.15) is 18.1 Å². The summed E-state index contributed by atoms with van der Waals surface area (Å²) >= 11 is 1.57. The second-order valence-electron chi connectivity index (χ2n) is 5.69. The molecule has 8 heteroatoms. The summed E-state index contributed by atoms with van der Waals surface area (Å²) in [5.74, 6) is 0.921. The zero-order valence-corrected chi connectivity index (χ0v) is 15.7. The highest BCUT2D eigenvalue weighted by molar-refractivity contribution is 7.98. The first-order valence-corrected chi connectivity index (χ1v) is 9.37. The van der Waals surface area contributed by atoms with Gasteiger partial charge in [-0.15, -0.1) is 11.8 Å². The minimum atomic E-state index is -0.316. The lowest BCUT2D eigenvalue weighted by Crippen LogP contribution is -2.23. The minimum absolute atomic E-state index is 0.213. The average molecular weight is 372 g/mol. The molecule has 1 heterocycles. The molecule has 1 aromatic heterocycles. The molecule has 0 bridgehead atoms. The van der Waals surface area contributed by atoms with Crippen molar-refractivity contribution in [2.45, 2.75) is 24.8 Å². The number of rotatable bonds is 6. The van der Waals surface area contributed by atoms with Crippen molar-refractivity contribution in [2.24, 2.45) is 7.05 Å². The fourth-order valence-corrected chi connectivity index (χ4v) is 3.31. The summed E-state index contributed by atoms with van der Waals surface area (Å²) in [6.07, 6.45) is 2.71. The van der Waals surface area contributed by atoms with Crippen molar-refractivity contribution in [1.29, 1.82) is 0 Å². The van der Waals surface area contributed by atoms with Gasteiger partial charge in [-0.05, 0) is 59.0 Å². The second kappa shape index (κ2) is 7.65. The van der Waals surface area contributed by atoms with E-state index in [4.69, 9.17) is 4.74 Å². The molecule has 0 atom stereocenters. The molecule has 136 valence electrons. The van der Waals surface area contributed by atoms with Crippen LogP contribution in [0, 0.1) is 0 Å². The van der Waals surface area contributed by atoms with Gasteiger partial charge in [0, 0.05) is 17.5 Å². The third kappa shape index (κ3) is 3.45. The lowest BCUT2D eigenvalue weighted by atomic mass is 10.1. The van der Waals surface area contributed by atoms with Crippen LogP contribution in [0.2, 0.25) is 0 Å². The van der Waals surface area contributed by atoms with E-state index in [2.05, 4.69) is 10.4 Å². The molecular weight excluding hydrogens is 352 g/mol. The van der Waals surface area contributed by atoms with Crippen molar-refractivity contribution < 1.29 is 9.84 Å². The molecular formula is C18H20N4O3S. The van der Waals surface area contributed by atoms with Crippen molar-refractivity contribution >= 4 is 11.8 Å². The first-order valence-electron chi connectivity index (χ1n) is 8.15. The maximum atomic E-state index is 12.3. The lowest BCUT2D eigenvalue weighted by Gasteiger charge is -2.15. The van der Waals surface area contributed by atoms with Crippen LogP contribution in [0.4, 0.5) is 0 Å². The summed E-state index contributed by atoms with van der Waals surface area (Å²) in [5, 5.41) is 17.4. The van der Waals surface area contributed by atoms with Gasteiger partial charge in [0.05, 0.1) is 5.69 Å². The Morgan fingerprint density at radius 2 is 2.04 bits per heavy atom. The molecule has 1 N–H and O–H groups in total. The quantitative estimate of drug-likeness (QED) is 0.670. The van der Waals surface area contributed by atoms with Gasteiger partial charge in [-0.1, -0.05) is 13.0 Å². The number of phenolic OH excluding ortho intramolecular Hbond substituents is 1. The molecule has 0 saturated heterocycles. The van der Waals surface area contributed by atoms with Crippen molar-refractivity contribution in [3.63, 3.8) is 0 Å². The van der Waals surface area contributed by atoms with E-state index in [9.17, 15) is 9.90 Å². The Kier molecular flexibility index (Phi) is 5.32. The standard InChI is InChI=1S/C18H20N4O3S/c1-4-12-10-13(23)8-9-16(12)25-11-14-15(6-5-7-17(14)26-3)22-18(24)21(2)19-20-22/h5-10,23H,4,11H2,1-3H3. The molecule has 26 heavy (non-hydrogen) atoms. The highest BCUT2D eigenvalue weighted by Crippen LogP contribution is 2.29. The van der Waals surface area contributed by atoms with E-state index in [0.717, 1.165) is 22.4 Å². The molecule has 0 aliphatic rings. The zero-order chi connectivity index (χ0) is 18.7. The van der Waals surface area contributed by atoms with E-state index < -0.39 is 0 Å². The number of hydrogen-bond donors (Lipinski definition) is 1. The first-order chi connectivity index (χ1) is 12.5. The fourth-order valence-electron chi connectivity index (χ4n) is 2.69. The van der Waals surface area contributed by atoms with Crippen molar-refractivity contribution in [1.82, 2.24) is 19.8 Å². The number of thioether (sulfide) groups is 1. The second-order valence-corrected chi connectivity index (χ2v) is 6.54. The number of ether oxygens (including phenoxy) is 1. The van der Waals surface area contributed by atoms with E-state index in [1.807, 2.05) is 31.4 Å². The smallest absolute Gasteiger partial charge is 0.368 e. The Hall–Kier alpha value is -2.74. The van der Waals surface area contributed by atoms with E-state index in [1.54, 1.807) is 37.0 Å². The largest absolute Gasteiger partial charge is 0.508 e. The van der Waals surface area contributed by atoms with Crippen LogP contribution in [0.3, 0.4) is 0 Å². The SMILES string of the molecule is CCc1cc(O)ccc1OCc1c(SC)cccc1-n1nnn(C)c1=O. The van der Waals surface area contributed by atoms with Crippen LogP contribution >= 0.6 is 11.8 Å². The van der Waals surface area contributed by atoms with Gasteiger partial charge in [0.25, 0.3) is 0 Å². The summed E-state index contributed by atoms with van der Waals surface area (Å²) in [6.45, 7) is 2.27. The normalized spacial score (nSPS) is 10.9. The van der Waals surface area contributed by atoms with Gasteiger partial charge in [-0.2, -0.15) is 9.36 Å². The highest BCUT2D eigenvalue weighted by Gasteiger charge is 2.15. The van der Waals surface area contributed by atoms with E-state index in [0.29, 0.717) is 11.4 Å². The molecule has 0 fully saturated rings. The Balaban J connectivity index is 1.99. The molecule has 2 aromatic carbocycles. The van der Waals surface area contributed by atoms with Crippen LogP contribution in [-0.2, 0) is 20.1 Å². The zero-order valence-electron chi connectivity index (χ0n) is 14.8. The van der Waals surface area contributed by atoms with Crippen LogP contribution in [0.25, 0.3) is 5.69 Å². The van der Waals surface area contributed by atoms with Gasteiger partial charge in [0.15, 0.2) is 0 Å². The van der Waals surface area contributed by atoms with Crippen molar-refractivity contribution in [2.75, 3.05) is 6.26 Å². The number of nitrogens with zero attached hydrogens (tertiary/aromatic N) is 4. The summed E-state index contributed by atoms with van der Waals surface area (Å²) < 4.78 is 8.49. The molecule has 0 unspecified atom stereocenters. The van der Waals surface area contributed by atoms with Crippen LogP contribution in [0.1, 0.15) is 18.1 Å². The Morgan fingerprint density at radius 3 is 2.69 bits per heavy atom. The number of aromatic hydroxyl groups is 1. The predicted molar refractivity (Wildman–Crippen MR) is 100 cm³/mol. The number of aromatic nitrogens is 4. The molecule has 0 amide bonds. The molecule has 0 radical (unpaired) electrons. The number of phenols is 1. The Labute approximate surface area is 155 Å². The molecule has 3 aromatic rings. The summed E-state index contributed by atoms with van der Waals surface area (Å²) in [7, 11) is 1.56. The van der Waals surface area contributed by atoms with Gasteiger partial charge >= 0.3 is 5.69 Å². The van der Waals surface area contributed by atoms with E-state index in [-0.39, 0.29) is 18.0 Å². The summed E-state index contributed by atoms with van der Waals surface area (Å²) in [6, 6.07) is 10.7. The molecule has 0 saturated carbocycles. The highest BCUT2D eigenvalue weighted by atomic mass is 32.2. The van der Waals surface area contributed by atoms with Crippen LogP contribution in [0.5, 0.6) is 11.5 Å². The Morgan fingerprint density at radius 1 is 1.23 bits per heavy atom. The number of aryl methyl sites for hydroxylation is 2. The van der Waals surface area contributed by atoms with Crippen molar-refractivity contribution in [3.8, 4) is 17.2 Å². The molecule has 0 aliphatic carbocycles. The van der Waals surface area contributed by atoms with Gasteiger partial charge in [0.2, 0.25) is 0 Å². The minimum Gasteiger partial charge on any atom is -0.508 e.